The second-order valence-corrected chi connectivity index (χ2v) is 13.7. The number of nitrogens with two attached hydrogens (primary N) is 1. The van der Waals surface area contributed by atoms with Crippen LogP contribution >= 0.6 is 15.2 Å². The minimum Gasteiger partial charge on any atom is -0.492 e. The molecular formula is C27H37N3O10P2. The summed E-state index contributed by atoms with van der Waals surface area (Å²) in [5.74, 6) is -1.13. The maximum Gasteiger partial charge on any atom is 0.357 e. The lowest BCUT2D eigenvalue weighted by atomic mass is 9.90. The summed E-state index contributed by atoms with van der Waals surface area (Å²) in [5.41, 5.74) is 6.45. The van der Waals surface area contributed by atoms with Gasteiger partial charge in [0.1, 0.15) is 11.8 Å². The van der Waals surface area contributed by atoms with Crippen LogP contribution < -0.4 is 31.7 Å². The normalized spacial score (nSPS) is 15.9. The first-order valence-electron chi connectivity index (χ1n) is 13.5. The van der Waals surface area contributed by atoms with Crippen LogP contribution in [0.25, 0.3) is 0 Å². The van der Waals surface area contributed by atoms with Gasteiger partial charge in [-0.05, 0) is 61.1 Å². The van der Waals surface area contributed by atoms with E-state index in [-0.39, 0.29) is 17.5 Å². The average Bonchev–Trinajstić information content (AvgIpc) is 2.90. The van der Waals surface area contributed by atoms with Crippen molar-refractivity contribution in [2.75, 3.05) is 6.61 Å². The summed E-state index contributed by atoms with van der Waals surface area (Å²) in [6, 6.07) is 6.00. The number of rotatable bonds is 12. The Morgan fingerprint density at radius 2 is 1.60 bits per heavy atom. The minimum absolute atomic E-state index is 0.141. The van der Waals surface area contributed by atoms with Crippen LogP contribution in [0.5, 0.6) is 5.75 Å². The van der Waals surface area contributed by atoms with E-state index in [2.05, 4.69) is 10.6 Å². The van der Waals surface area contributed by atoms with E-state index in [1.165, 1.54) is 25.5 Å². The van der Waals surface area contributed by atoms with Crippen LogP contribution in [0.1, 0.15) is 73.5 Å². The SMILES string of the molecule is CC(=O)NC(Cc1ccc(P(=O)(O)O)c(P(=O)(O)O)c1)C(=O)NC(C)c1ccc(OCC2CCCCC2)c(C(N)=O)c1. The molecule has 0 bridgehead atoms. The van der Waals surface area contributed by atoms with E-state index in [1.54, 1.807) is 19.1 Å². The zero-order valence-electron chi connectivity index (χ0n) is 23.4. The zero-order chi connectivity index (χ0) is 31.2. The molecule has 42 heavy (non-hydrogen) atoms. The Morgan fingerprint density at radius 1 is 0.952 bits per heavy atom. The molecule has 15 heteroatoms. The highest BCUT2D eigenvalue weighted by Gasteiger charge is 2.32. The lowest BCUT2D eigenvalue weighted by Crippen LogP contribution is -2.48. The summed E-state index contributed by atoms with van der Waals surface area (Å²) in [5, 5.41) is 3.53. The summed E-state index contributed by atoms with van der Waals surface area (Å²) in [7, 11) is -10.1. The Labute approximate surface area is 243 Å². The fraction of sp³-hybridized carbons (Fsp3) is 0.444. The highest BCUT2D eigenvalue weighted by molar-refractivity contribution is 7.67. The predicted molar refractivity (Wildman–Crippen MR) is 155 cm³/mol. The molecule has 0 radical (unpaired) electrons. The zero-order valence-corrected chi connectivity index (χ0v) is 25.1. The van der Waals surface area contributed by atoms with Crippen molar-refractivity contribution in [3.05, 3.63) is 53.1 Å². The first-order valence-corrected chi connectivity index (χ1v) is 16.7. The van der Waals surface area contributed by atoms with Gasteiger partial charge in [-0.2, -0.15) is 0 Å². The van der Waals surface area contributed by atoms with Crippen LogP contribution in [0, 0.1) is 5.92 Å². The number of carbonyl (C=O) groups excluding carboxylic acids is 3. The molecule has 0 heterocycles. The number of primary amides is 1. The fourth-order valence-corrected chi connectivity index (χ4v) is 7.08. The van der Waals surface area contributed by atoms with Gasteiger partial charge >= 0.3 is 15.2 Å². The van der Waals surface area contributed by atoms with E-state index in [4.69, 9.17) is 10.5 Å². The standard InChI is InChI=1S/C27H37N3O10P2/c1-16(20-9-10-23(21(14-20)26(28)32)40-15-18-6-4-3-5-7-18)29-27(33)22(30-17(2)31)12-19-8-11-24(41(34,35)36)25(13-19)42(37,38)39/h8-11,13-14,16,18,22H,3-7,12,15H2,1-2H3,(H2,28,32)(H,29,33)(H,30,31)(H2,34,35,36)(H2,37,38,39). The van der Waals surface area contributed by atoms with Gasteiger partial charge < -0.3 is 40.7 Å². The van der Waals surface area contributed by atoms with Crippen LogP contribution in [-0.2, 0) is 25.1 Å². The van der Waals surface area contributed by atoms with Crippen molar-refractivity contribution in [3.63, 3.8) is 0 Å². The van der Waals surface area contributed by atoms with Crippen LogP contribution in [0.4, 0.5) is 0 Å². The summed E-state index contributed by atoms with van der Waals surface area (Å²) in [4.78, 5) is 75.6. The molecule has 8 N–H and O–H groups in total. The van der Waals surface area contributed by atoms with E-state index in [1.807, 2.05) is 0 Å². The van der Waals surface area contributed by atoms with E-state index < -0.39 is 55.6 Å². The van der Waals surface area contributed by atoms with Crippen molar-refractivity contribution in [2.24, 2.45) is 11.7 Å². The molecular weight excluding hydrogens is 588 g/mol. The molecule has 230 valence electrons. The maximum atomic E-state index is 13.2. The van der Waals surface area contributed by atoms with Crippen molar-refractivity contribution in [2.45, 2.75) is 64.5 Å². The van der Waals surface area contributed by atoms with E-state index in [9.17, 15) is 43.1 Å². The Balaban J connectivity index is 1.79. The summed E-state index contributed by atoms with van der Waals surface area (Å²) < 4.78 is 29.6. The first kappa shape index (κ1) is 33.5. The molecule has 2 aromatic rings. The first-order chi connectivity index (χ1) is 19.6. The average molecular weight is 626 g/mol. The number of ether oxygens (including phenoxy) is 1. The smallest absolute Gasteiger partial charge is 0.357 e. The van der Waals surface area contributed by atoms with E-state index >= 15 is 0 Å². The minimum atomic E-state index is -5.10. The fourth-order valence-electron chi connectivity index (χ4n) is 4.96. The molecule has 2 atom stereocenters. The summed E-state index contributed by atoms with van der Waals surface area (Å²) in [6.45, 7) is 3.32. The third kappa shape index (κ3) is 9.22. The number of hydrogen-bond acceptors (Lipinski definition) is 6. The van der Waals surface area contributed by atoms with Crippen LogP contribution in [0.15, 0.2) is 36.4 Å². The Morgan fingerprint density at radius 3 is 2.17 bits per heavy atom. The van der Waals surface area contributed by atoms with Gasteiger partial charge in [0.05, 0.1) is 28.8 Å². The monoisotopic (exact) mass is 625 g/mol. The topological polar surface area (TPSA) is 226 Å². The number of benzene rings is 2. The Hall–Kier alpha value is -3.05. The molecule has 2 aromatic carbocycles. The van der Waals surface area contributed by atoms with Crippen molar-refractivity contribution in [3.8, 4) is 5.75 Å². The van der Waals surface area contributed by atoms with Crippen molar-refractivity contribution in [1.29, 1.82) is 0 Å². The molecule has 0 aromatic heterocycles. The molecule has 0 saturated heterocycles. The van der Waals surface area contributed by atoms with Gasteiger partial charge in [-0.25, -0.2) is 0 Å². The quantitative estimate of drug-likeness (QED) is 0.167. The largest absolute Gasteiger partial charge is 0.492 e. The third-order valence-electron chi connectivity index (χ3n) is 7.13. The van der Waals surface area contributed by atoms with Gasteiger partial charge in [-0.15, -0.1) is 0 Å². The number of hydrogen-bond donors (Lipinski definition) is 7. The molecule has 3 amide bonds. The molecule has 0 aliphatic heterocycles. The van der Waals surface area contributed by atoms with Gasteiger partial charge in [0.15, 0.2) is 0 Å². The van der Waals surface area contributed by atoms with Gasteiger partial charge in [0.25, 0.3) is 5.91 Å². The van der Waals surface area contributed by atoms with E-state index in [0.717, 1.165) is 37.8 Å². The molecule has 1 aliphatic carbocycles. The second kappa shape index (κ2) is 13.9. The van der Waals surface area contributed by atoms with Crippen LogP contribution in [-0.4, -0.2) is 49.9 Å². The second-order valence-electron chi connectivity index (χ2n) is 10.5. The number of nitrogens with one attached hydrogen (secondary N) is 2. The van der Waals surface area contributed by atoms with Gasteiger partial charge in [-0.3, -0.25) is 23.5 Å². The molecule has 0 spiro atoms. The Bertz CT molecular complexity index is 1410. The highest BCUT2D eigenvalue weighted by atomic mass is 31.2. The molecule has 2 unspecified atom stereocenters. The van der Waals surface area contributed by atoms with Crippen molar-refractivity contribution in [1.82, 2.24) is 10.6 Å². The highest BCUT2D eigenvalue weighted by Crippen LogP contribution is 2.40. The molecule has 3 rings (SSSR count). The third-order valence-corrected chi connectivity index (χ3v) is 9.32. The van der Waals surface area contributed by atoms with E-state index in [0.29, 0.717) is 23.8 Å². The van der Waals surface area contributed by atoms with Crippen molar-refractivity contribution >= 4 is 43.5 Å². The van der Waals surface area contributed by atoms with Crippen LogP contribution in [0.3, 0.4) is 0 Å². The number of amides is 3. The summed E-state index contributed by atoms with van der Waals surface area (Å²) >= 11 is 0. The predicted octanol–water partition coefficient (Wildman–Crippen LogP) is 1.28. The lowest BCUT2D eigenvalue weighted by molar-refractivity contribution is -0.128. The molecule has 1 fully saturated rings. The van der Waals surface area contributed by atoms with Crippen LogP contribution in [0.2, 0.25) is 0 Å². The van der Waals surface area contributed by atoms with Crippen molar-refractivity contribution < 1.29 is 47.8 Å². The Kier molecular flexibility index (Phi) is 11.1. The molecule has 1 saturated carbocycles. The molecule has 1 aliphatic rings. The summed E-state index contributed by atoms with van der Waals surface area (Å²) in [6.07, 6.45) is 5.40. The molecule has 13 nitrogen and oxygen atoms in total. The van der Waals surface area contributed by atoms with Gasteiger partial charge in [-0.1, -0.05) is 31.4 Å². The number of carbonyl (C=O) groups is 3. The maximum absolute atomic E-state index is 13.2. The lowest BCUT2D eigenvalue weighted by Gasteiger charge is -2.23. The van der Waals surface area contributed by atoms with Gasteiger partial charge in [0, 0.05) is 13.3 Å². The van der Waals surface area contributed by atoms with Gasteiger partial charge in [0.2, 0.25) is 11.8 Å².